The first-order chi connectivity index (χ1) is 7.53. The van der Waals surface area contributed by atoms with Crippen molar-refractivity contribution >= 4 is 16.3 Å². The predicted octanol–water partition coefficient (Wildman–Crippen LogP) is 1.10. The second-order valence-corrected chi connectivity index (χ2v) is 7.11. The zero-order chi connectivity index (χ0) is 13.4. The van der Waals surface area contributed by atoms with E-state index in [4.69, 9.17) is 4.74 Å². The van der Waals surface area contributed by atoms with Crippen LogP contribution in [0.5, 0.6) is 0 Å². The second-order valence-electron chi connectivity index (χ2n) is 5.48. The number of hydrogen-bond donors (Lipinski definition) is 1. The van der Waals surface area contributed by atoms with Gasteiger partial charge in [-0.3, -0.25) is 0 Å². The van der Waals surface area contributed by atoms with E-state index in [2.05, 4.69) is 4.72 Å². The fourth-order valence-electron chi connectivity index (χ4n) is 1.40. The Morgan fingerprint density at radius 3 is 2.29 bits per heavy atom. The molecule has 100 valence electrons. The molecule has 6 nitrogen and oxygen atoms in total. The van der Waals surface area contributed by atoms with Crippen LogP contribution in [0, 0.1) is 5.92 Å². The number of hydrogen-bond acceptors (Lipinski definition) is 4. The summed E-state index contributed by atoms with van der Waals surface area (Å²) in [6.45, 7) is 9.00. The number of nitrogens with zero attached hydrogens (tertiary/aromatic N) is 1. The van der Waals surface area contributed by atoms with E-state index in [1.54, 1.807) is 20.8 Å². The zero-order valence-corrected chi connectivity index (χ0v) is 11.7. The van der Waals surface area contributed by atoms with Gasteiger partial charge in [0.05, 0.1) is 6.54 Å². The van der Waals surface area contributed by atoms with Gasteiger partial charge in [-0.2, -0.15) is 17.4 Å². The van der Waals surface area contributed by atoms with Gasteiger partial charge in [0.1, 0.15) is 5.60 Å². The molecule has 1 heterocycles. The van der Waals surface area contributed by atoms with Crippen LogP contribution >= 0.6 is 0 Å². The van der Waals surface area contributed by atoms with E-state index >= 15 is 0 Å². The van der Waals surface area contributed by atoms with Crippen LogP contribution in [0.4, 0.5) is 4.79 Å². The quantitative estimate of drug-likeness (QED) is 0.769. The summed E-state index contributed by atoms with van der Waals surface area (Å²) in [6, 6.07) is -0.257. The van der Waals surface area contributed by atoms with Gasteiger partial charge in [-0.1, -0.05) is 13.8 Å². The molecule has 1 fully saturated rings. The van der Waals surface area contributed by atoms with Crippen LogP contribution in [0.15, 0.2) is 0 Å². The van der Waals surface area contributed by atoms with E-state index in [1.807, 2.05) is 13.8 Å². The third-order valence-electron chi connectivity index (χ3n) is 2.35. The van der Waals surface area contributed by atoms with Crippen molar-refractivity contribution in [1.82, 2.24) is 9.03 Å². The van der Waals surface area contributed by atoms with E-state index in [-0.39, 0.29) is 18.5 Å². The highest BCUT2D eigenvalue weighted by Crippen LogP contribution is 2.19. The molecule has 0 radical (unpaired) electrons. The van der Waals surface area contributed by atoms with Gasteiger partial charge in [0, 0.05) is 6.04 Å². The standard InChI is InChI=1S/C10H20N2O4S/c1-7(2)8-6-12(17(14,15)11-8)9(13)16-10(3,4)5/h7-8,11H,6H2,1-5H3/t8-/m1/s1. The third kappa shape index (κ3) is 3.57. The van der Waals surface area contributed by atoms with Gasteiger partial charge in [0.15, 0.2) is 0 Å². The number of ether oxygens (including phenoxy) is 1. The van der Waals surface area contributed by atoms with Crippen LogP contribution in [-0.2, 0) is 14.9 Å². The number of rotatable bonds is 1. The predicted molar refractivity (Wildman–Crippen MR) is 63.6 cm³/mol. The van der Waals surface area contributed by atoms with Crippen LogP contribution in [0.3, 0.4) is 0 Å². The summed E-state index contributed by atoms with van der Waals surface area (Å²) in [7, 11) is -3.74. The van der Waals surface area contributed by atoms with Gasteiger partial charge < -0.3 is 4.74 Å². The maximum absolute atomic E-state index is 11.7. The summed E-state index contributed by atoms with van der Waals surface area (Å²) in [5, 5.41) is 0. The van der Waals surface area contributed by atoms with Gasteiger partial charge >= 0.3 is 16.3 Å². The SMILES string of the molecule is CC(C)[C@H]1CN(C(=O)OC(C)(C)C)S(=O)(=O)N1. The minimum atomic E-state index is -3.74. The first kappa shape index (κ1) is 14.2. The molecule has 0 bridgehead atoms. The molecule has 0 aromatic rings. The van der Waals surface area contributed by atoms with Crippen LogP contribution in [0.25, 0.3) is 0 Å². The van der Waals surface area contributed by atoms with Gasteiger partial charge in [-0.25, -0.2) is 4.79 Å². The molecule has 0 saturated carbocycles. The highest BCUT2D eigenvalue weighted by Gasteiger charge is 2.41. The van der Waals surface area contributed by atoms with E-state index in [0.717, 1.165) is 4.31 Å². The normalized spacial score (nSPS) is 24.1. The molecule has 1 atom stereocenters. The Morgan fingerprint density at radius 2 is 1.94 bits per heavy atom. The maximum Gasteiger partial charge on any atom is 0.425 e. The Bertz CT molecular complexity index is 397. The topological polar surface area (TPSA) is 75.7 Å². The Balaban J connectivity index is 2.82. The van der Waals surface area contributed by atoms with Gasteiger partial charge in [-0.05, 0) is 26.7 Å². The molecule has 1 amide bonds. The molecule has 17 heavy (non-hydrogen) atoms. The average Bonchev–Trinajstić information content (AvgIpc) is 2.38. The molecule has 1 rings (SSSR count). The second kappa shape index (κ2) is 4.45. The molecular formula is C10H20N2O4S. The lowest BCUT2D eigenvalue weighted by Crippen LogP contribution is -2.39. The Labute approximate surface area is 102 Å². The molecule has 1 N–H and O–H groups in total. The fourth-order valence-corrected chi connectivity index (χ4v) is 2.85. The zero-order valence-electron chi connectivity index (χ0n) is 10.9. The number of nitrogens with one attached hydrogen (secondary N) is 1. The first-order valence-corrected chi connectivity index (χ1v) is 7.00. The lowest BCUT2D eigenvalue weighted by Gasteiger charge is -2.23. The molecule has 0 aromatic carbocycles. The molecule has 1 aliphatic heterocycles. The van der Waals surface area contributed by atoms with Gasteiger partial charge in [0.2, 0.25) is 0 Å². The van der Waals surface area contributed by atoms with Crippen molar-refractivity contribution in [2.45, 2.75) is 46.3 Å². The third-order valence-corrected chi connectivity index (χ3v) is 3.83. The van der Waals surface area contributed by atoms with Crippen LogP contribution in [0.2, 0.25) is 0 Å². The van der Waals surface area contributed by atoms with E-state index in [0.29, 0.717) is 0 Å². The maximum atomic E-state index is 11.7. The smallest absolute Gasteiger partial charge is 0.425 e. The molecular weight excluding hydrogens is 244 g/mol. The van der Waals surface area contributed by atoms with Gasteiger partial charge in [-0.15, -0.1) is 0 Å². The minimum Gasteiger partial charge on any atom is -0.443 e. The molecule has 0 aromatic heterocycles. The van der Waals surface area contributed by atoms with Crippen LogP contribution in [-0.4, -0.2) is 37.0 Å². The molecule has 0 spiro atoms. The summed E-state index contributed by atoms with van der Waals surface area (Å²) in [6.07, 6.45) is -0.826. The molecule has 1 aliphatic rings. The Kier molecular flexibility index (Phi) is 3.73. The largest absolute Gasteiger partial charge is 0.443 e. The lowest BCUT2D eigenvalue weighted by molar-refractivity contribution is 0.0395. The van der Waals surface area contributed by atoms with Crippen molar-refractivity contribution in [1.29, 1.82) is 0 Å². The van der Waals surface area contributed by atoms with E-state index < -0.39 is 21.9 Å². The fraction of sp³-hybridized carbons (Fsp3) is 0.900. The van der Waals surface area contributed by atoms with Crippen LogP contribution in [0.1, 0.15) is 34.6 Å². The monoisotopic (exact) mass is 264 g/mol. The molecule has 1 saturated heterocycles. The Hall–Kier alpha value is -0.820. The van der Waals surface area contributed by atoms with Crippen molar-refractivity contribution in [3.8, 4) is 0 Å². The van der Waals surface area contributed by atoms with Crippen molar-refractivity contribution in [3.63, 3.8) is 0 Å². The summed E-state index contributed by atoms with van der Waals surface area (Å²) < 4.78 is 31.7. The van der Waals surface area contributed by atoms with Crippen LogP contribution < -0.4 is 4.72 Å². The van der Waals surface area contributed by atoms with Crippen molar-refractivity contribution in [2.75, 3.05) is 6.54 Å². The lowest BCUT2D eigenvalue weighted by atomic mass is 10.1. The van der Waals surface area contributed by atoms with Crippen molar-refractivity contribution in [3.05, 3.63) is 0 Å². The van der Waals surface area contributed by atoms with E-state index in [9.17, 15) is 13.2 Å². The number of amides is 1. The number of carbonyl (C=O) groups is 1. The summed E-state index contributed by atoms with van der Waals surface area (Å²) in [5.41, 5.74) is -0.706. The molecule has 0 aliphatic carbocycles. The highest BCUT2D eigenvalue weighted by atomic mass is 32.2. The summed E-state index contributed by atoms with van der Waals surface area (Å²) >= 11 is 0. The highest BCUT2D eigenvalue weighted by molar-refractivity contribution is 7.87. The van der Waals surface area contributed by atoms with Crippen molar-refractivity contribution in [2.24, 2.45) is 5.92 Å². The van der Waals surface area contributed by atoms with E-state index in [1.165, 1.54) is 0 Å². The molecule has 0 unspecified atom stereocenters. The number of carbonyl (C=O) groups excluding carboxylic acids is 1. The molecule has 7 heteroatoms. The van der Waals surface area contributed by atoms with Crippen molar-refractivity contribution < 1.29 is 17.9 Å². The van der Waals surface area contributed by atoms with Gasteiger partial charge in [0.25, 0.3) is 0 Å². The minimum absolute atomic E-state index is 0.120. The Morgan fingerprint density at radius 1 is 1.41 bits per heavy atom. The summed E-state index contributed by atoms with van der Waals surface area (Å²) in [4.78, 5) is 11.7. The first-order valence-electron chi connectivity index (χ1n) is 5.56. The average molecular weight is 264 g/mol. The summed E-state index contributed by atoms with van der Waals surface area (Å²) in [5.74, 6) is 0.122.